The van der Waals surface area contributed by atoms with Gasteiger partial charge in [0, 0.05) is 12.3 Å². The normalized spacial score (nSPS) is 11.5. The molecule has 8 heteroatoms. The van der Waals surface area contributed by atoms with Crippen molar-refractivity contribution in [3.05, 3.63) is 83.6 Å². The number of aromatic nitrogens is 1. The van der Waals surface area contributed by atoms with Crippen molar-refractivity contribution in [1.82, 2.24) is 4.98 Å². The number of aliphatic imine (C=N–C) groups is 1. The lowest BCUT2D eigenvalue weighted by atomic mass is 10.1. The molecule has 1 aromatic heterocycles. The Bertz CT molecular complexity index is 981. The first kappa shape index (κ1) is 19.1. The van der Waals surface area contributed by atoms with Gasteiger partial charge in [-0.15, -0.1) is 0 Å². The second-order valence-corrected chi connectivity index (χ2v) is 5.66. The second-order valence-electron chi connectivity index (χ2n) is 5.66. The van der Waals surface area contributed by atoms with Crippen LogP contribution in [0.2, 0.25) is 0 Å². The van der Waals surface area contributed by atoms with Gasteiger partial charge in [-0.2, -0.15) is 13.2 Å². The van der Waals surface area contributed by atoms with Crippen molar-refractivity contribution in [2.45, 2.75) is 6.18 Å². The molecule has 0 aliphatic carbocycles. The van der Waals surface area contributed by atoms with Crippen LogP contribution < -0.4 is 4.74 Å². The van der Waals surface area contributed by atoms with Gasteiger partial charge in [-0.25, -0.2) is 9.78 Å². The van der Waals surface area contributed by atoms with Gasteiger partial charge in [-0.3, -0.25) is 4.99 Å². The smallest absolute Gasteiger partial charge is 0.416 e. The molecule has 0 fully saturated rings. The number of rotatable bonds is 5. The number of carbonyl (C=O) groups is 1. The van der Waals surface area contributed by atoms with Crippen molar-refractivity contribution in [2.24, 2.45) is 4.99 Å². The highest BCUT2D eigenvalue weighted by molar-refractivity contribution is 5.87. The fraction of sp³-hybridized carbons (Fsp3) is 0.0500. The van der Waals surface area contributed by atoms with Crippen molar-refractivity contribution >= 4 is 17.9 Å². The van der Waals surface area contributed by atoms with Crippen LogP contribution in [0.4, 0.5) is 18.9 Å². The molecule has 28 heavy (non-hydrogen) atoms. The Morgan fingerprint density at radius 2 is 1.68 bits per heavy atom. The maximum Gasteiger partial charge on any atom is 0.416 e. The van der Waals surface area contributed by atoms with E-state index in [1.807, 2.05) is 0 Å². The Morgan fingerprint density at radius 3 is 2.21 bits per heavy atom. The van der Waals surface area contributed by atoms with E-state index < -0.39 is 17.7 Å². The first-order valence-corrected chi connectivity index (χ1v) is 8.00. The molecular formula is C20H13F3N2O3. The third-order valence-electron chi connectivity index (χ3n) is 3.65. The van der Waals surface area contributed by atoms with Crippen molar-refractivity contribution in [2.75, 3.05) is 0 Å². The van der Waals surface area contributed by atoms with E-state index in [0.29, 0.717) is 17.0 Å². The standard InChI is InChI=1S/C20H13F3N2O3/c21-20(22,23)15-5-1-13(2-6-15)11-24-16-7-10-18(25-12-16)28-17-8-3-14(4-9-17)19(26)27/h1-12H,(H,26,27). The number of nitrogens with zero attached hydrogens (tertiary/aromatic N) is 2. The van der Waals surface area contributed by atoms with E-state index in [1.165, 1.54) is 48.8 Å². The zero-order valence-electron chi connectivity index (χ0n) is 14.2. The van der Waals surface area contributed by atoms with E-state index in [-0.39, 0.29) is 11.4 Å². The van der Waals surface area contributed by atoms with Gasteiger partial charge in [0.25, 0.3) is 0 Å². The monoisotopic (exact) mass is 386 g/mol. The lowest BCUT2D eigenvalue weighted by molar-refractivity contribution is -0.137. The number of hydrogen-bond donors (Lipinski definition) is 1. The first-order chi connectivity index (χ1) is 13.3. The van der Waals surface area contributed by atoms with E-state index in [9.17, 15) is 18.0 Å². The molecule has 0 amide bonds. The van der Waals surface area contributed by atoms with Crippen LogP contribution in [0.15, 0.2) is 71.9 Å². The van der Waals surface area contributed by atoms with Crippen molar-refractivity contribution < 1.29 is 27.8 Å². The Morgan fingerprint density at radius 1 is 1.00 bits per heavy atom. The first-order valence-electron chi connectivity index (χ1n) is 8.00. The van der Waals surface area contributed by atoms with E-state index in [1.54, 1.807) is 12.1 Å². The summed E-state index contributed by atoms with van der Waals surface area (Å²) in [7, 11) is 0. The van der Waals surface area contributed by atoms with Crippen molar-refractivity contribution in [1.29, 1.82) is 0 Å². The molecule has 0 spiro atoms. The fourth-order valence-corrected chi connectivity index (χ4v) is 2.20. The number of aromatic carboxylic acids is 1. The van der Waals surface area contributed by atoms with E-state index in [4.69, 9.17) is 9.84 Å². The molecule has 0 unspecified atom stereocenters. The van der Waals surface area contributed by atoms with Gasteiger partial charge >= 0.3 is 12.1 Å². The van der Waals surface area contributed by atoms with Gasteiger partial charge in [-0.1, -0.05) is 12.1 Å². The zero-order chi connectivity index (χ0) is 20.1. The van der Waals surface area contributed by atoms with Crippen LogP contribution in [0.5, 0.6) is 11.6 Å². The highest BCUT2D eigenvalue weighted by atomic mass is 19.4. The summed E-state index contributed by atoms with van der Waals surface area (Å²) in [4.78, 5) is 19.1. The third-order valence-corrected chi connectivity index (χ3v) is 3.65. The molecule has 0 aliphatic rings. The number of pyridine rings is 1. The largest absolute Gasteiger partial charge is 0.478 e. The van der Waals surface area contributed by atoms with Crippen LogP contribution >= 0.6 is 0 Å². The molecule has 0 atom stereocenters. The molecule has 0 saturated carbocycles. The summed E-state index contributed by atoms with van der Waals surface area (Å²) >= 11 is 0. The Kier molecular flexibility index (Phi) is 5.39. The highest BCUT2D eigenvalue weighted by Gasteiger charge is 2.29. The number of carboxylic acids is 1. The number of alkyl halides is 3. The minimum absolute atomic E-state index is 0.147. The van der Waals surface area contributed by atoms with Crippen molar-refractivity contribution in [3.8, 4) is 11.6 Å². The molecule has 0 bridgehead atoms. The van der Waals surface area contributed by atoms with Crippen LogP contribution in [0.1, 0.15) is 21.5 Å². The van der Waals surface area contributed by atoms with Gasteiger partial charge in [0.1, 0.15) is 5.75 Å². The van der Waals surface area contributed by atoms with E-state index in [0.717, 1.165) is 12.1 Å². The lowest BCUT2D eigenvalue weighted by Gasteiger charge is -2.06. The van der Waals surface area contributed by atoms with Crippen LogP contribution in [0.25, 0.3) is 0 Å². The number of carboxylic acid groups (broad SMARTS) is 1. The van der Waals surface area contributed by atoms with Gasteiger partial charge < -0.3 is 9.84 Å². The molecule has 1 heterocycles. The van der Waals surface area contributed by atoms with Crippen molar-refractivity contribution in [3.63, 3.8) is 0 Å². The zero-order valence-corrected chi connectivity index (χ0v) is 14.2. The average Bonchev–Trinajstić information content (AvgIpc) is 2.67. The van der Waals surface area contributed by atoms with E-state index in [2.05, 4.69) is 9.98 Å². The summed E-state index contributed by atoms with van der Waals surface area (Å²) in [6, 6.07) is 13.7. The third kappa shape index (κ3) is 4.94. The van der Waals surface area contributed by atoms with Crippen LogP contribution in [-0.2, 0) is 6.18 Å². The maximum atomic E-state index is 12.5. The Hall–Kier alpha value is -3.68. The molecule has 3 aromatic rings. The molecule has 5 nitrogen and oxygen atoms in total. The average molecular weight is 386 g/mol. The topological polar surface area (TPSA) is 71.8 Å². The van der Waals surface area contributed by atoms with E-state index >= 15 is 0 Å². The minimum Gasteiger partial charge on any atom is -0.478 e. The number of halogens is 3. The molecule has 0 saturated heterocycles. The van der Waals surface area contributed by atoms with Crippen LogP contribution in [-0.4, -0.2) is 22.3 Å². The second kappa shape index (κ2) is 7.91. The molecule has 0 radical (unpaired) electrons. The quantitative estimate of drug-likeness (QED) is 0.601. The molecule has 3 rings (SSSR count). The predicted molar refractivity (Wildman–Crippen MR) is 96.4 cm³/mol. The SMILES string of the molecule is O=C(O)c1ccc(Oc2ccc(N=Cc3ccc(C(F)(F)F)cc3)cn2)cc1. The fourth-order valence-electron chi connectivity index (χ4n) is 2.20. The highest BCUT2D eigenvalue weighted by Crippen LogP contribution is 2.29. The number of benzene rings is 2. The molecule has 1 N–H and O–H groups in total. The number of hydrogen-bond acceptors (Lipinski definition) is 4. The molecule has 142 valence electrons. The molecular weight excluding hydrogens is 373 g/mol. The van der Waals surface area contributed by atoms with Crippen LogP contribution in [0, 0.1) is 0 Å². The lowest BCUT2D eigenvalue weighted by Crippen LogP contribution is -2.04. The predicted octanol–water partition coefficient (Wildman–Crippen LogP) is 5.34. The summed E-state index contributed by atoms with van der Waals surface area (Å²) in [6.45, 7) is 0. The summed E-state index contributed by atoms with van der Waals surface area (Å²) in [6.07, 6.45) is -1.49. The molecule has 0 aliphatic heterocycles. The van der Waals surface area contributed by atoms with Gasteiger partial charge in [0.15, 0.2) is 0 Å². The molecule has 2 aromatic carbocycles. The van der Waals surface area contributed by atoms with Gasteiger partial charge in [0.05, 0.1) is 23.0 Å². The number of ether oxygens (including phenoxy) is 1. The Labute approximate surface area is 157 Å². The summed E-state index contributed by atoms with van der Waals surface area (Å²) < 4.78 is 43.1. The summed E-state index contributed by atoms with van der Waals surface area (Å²) in [5.41, 5.74) is 0.442. The minimum atomic E-state index is -4.37. The van der Waals surface area contributed by atoms with Crippen LogP contribution in [0.3, 0.4) is 0 Å². The van der Waals surface area contributed by atoms with Gasteiger partial charge in [-0.05, 0) is 48.0 Å². The maximum absolute atomic E-state index is 12.5. The summed E-state index contributed by atoms with van der Waals surface area (Å²) in [5, 5.41) is 8.86. The Balaban J connectivity index is 1.64. The summed E-state index contributed by atoms with van der Waals surface area (Å²) in [5.74, 6) is -0.310. The van der Waals surface area contributed by atoms with Gasteiger partial charge in [0.2, 0.25) is 5.88 Å².